The minimum absolute atomic E-state index is 0.00855. The minimum Gasteiger partial charge on any atom is -0.481 e. The lowest BCUT2D eigenvalue weighted by Gasteiger charge is -2.17. The number of carboxylic acids is 1. The summed E-state index contributed by atoms with van der Waals surface area (Å²) in [5.74, 6) is -1.17. The Morgan fingerprint density at radius 1 is 0.970 bits per heavy atom. The van der Waals surface area contributed by atoms with Crippen LogP contribution in [0.25, 0.3) is 11.1 Å². The number of benzene rings is 2. The minimum atomic E-state index is -0.843. The van der Waals surface area contributed by atoms with Crippen LogP contribution in [0.15, 0.2) is 48.5 Å². The predicted octanol–water partition coefficient (Wildman–Crippen LogP) is 3.67. The third-order valence-corrected chi connectivity index (χ3v) is 7.38. The molecular weight excluding hydrogens is 420 g/mol. The quantitative estimate of drug-likeness (QED) is 0.599. The van der Waals surface area contributed by atoms with Crippen LogP contribution in [0.3, 0.4) is 0 Å². The average molecular weight is 449 g/mol. The Bertz CT molecular complexity index is 1050. The zero-order valence-electron chi connectivity index (χ0n) is 18.4. The van der Waals surface area contributed by atoms with Gasteiger partial charge in [-0.2, -0.15) is 0 Å². The van der Waals surface area contributed by atoms with Gasteiger partial charge in [-0.3, -0.25) is 9.59 Å². The lowest BCUT2D eigenvalue weighted by atomic mass is 9.98. The third kappa shape index (κ3) is 4.19. The molecule has 2 saturated carbocycles. The predicted molar refractivity (Wildman–Crippen MR) is 122 cm³/mol. The summed E-state index contributed by atoms with van der Waals surface area (Å²) >= 11 is 0. The molecule has 3 aliphatic carbocycles. The number of rotatable bonds is 7. The fourth-order valence-corrected chi connectivity index (χ4v) is 5.18. The van der Waals surface area contributed by atoms with Crippen LogP contribution in [0.2, 0.25) is 0 Å². The normalized spacial score (nSPS) is 22.2. The number of hydrogen-bond acceptors (Lipinski definition) is 4. The maximum atomic E-state index is 12.5. The van der Waals surface area contributed by atoms with Crippen molar-refractivity contribution in [1.82, 2.24) is 10.6 Å². The Kier molecular flexibility index (Phi) is 5.56. The number of alkyl carbamates (subject to hydrolysis) is 1. The molecule has 0 bridgehead atoms. The Balaban J connectivity index is 1.11. The zero-order chi connectivity index (χ0) is 23.0. The maximum Gasteiger partial charge on any atom is 0.407 e. The number of amides is 2. The van der Waals surface area contributed by atoms with E-state index in [1.54, 1.807) is 0 Å². The van der Waals surface area contributed by atoms with E-state index in [-0.39, 0.29) is 36.9 Å². The van der Waals surface area contributed by atoms with Gasteiger partial charge in [0.15, 0.2) is 0 Å². The second kappa shape index (κ2) is 8.54. The maximum absolute atomic E-state index is 12.5. The number of hydrogen-bond donors (Lipinski definition) is 3. The Labute approximate surface area is 192 Å². The highest BCUT2D eigenvalue weighted by Gasteiger charge is 2.50. The van der Waals surface area contributed by atoms with Crippen molar-refractivity contribution in [3.05, 3.63) is 59.7 Å². The van der Waals surface area contributed by atoms with Gasteiger partial charge in [-0.05, 0) is 54.4 Å². The number of ether oxygens (including phenoxy) is 1. The van der Waals surface area contributed by atoms with Crippen molar-refractivity contribution in [2.24, 2.45) is 11.3 Å². The van der Waals surface area contributed by atoms with E-state index in [1.165, 1.54) is 22.3 Å². The number of aliphatic carboxylic acids is 1. The molecule has 2 aromatic rings. The van der Waals surface area contributed by atoms with E-state index in [1.807, 2.05) is 24.3 Å². The summed E-state index contributed by atoms with van der Waals surface area (Å²) in [6.45, 7) is 0.440. The van der Waals surface area contributed by atoms with Gasteiger partial charge < -0.3 is 20.5 Å². The molecule has 2 atom stereocenters. The number of carbonyl (C=O) groups excluding carboxylic acids is 2. The van der Waals surface area contributed by atoms with E-state index in [0.717, 1.165) is 0 Å². The number of carbonyl (C=O) groups is 3. The zero-order valence-corrected chi connectivity index (χ0v) is 18.4. The molecule has 0 saturated heterocycles. The third-order valence-electron chi connectivity index (χ3n) is 7.38. The van der Waals surface area contributed by atoms with Crippen LogP contribution in [0.1, 0.15) is 49.1 Å². The smallest absolute Gasteiger partial charge is 0.407 e. The van der Waals surface area contributed by atoms with Crippen molar-refractivity contribution >= 4 is 18.0 Å². The molecule has 2 fully saturated rings. The summed E-state index contributed by atoms with van der Waals surface area (Å²) in [6.07, 6.45) is 2.66. The second-order valence-electron chi connectivity index (χ2n) is 9.48. The summed E-state index contributed by atoms with van der Waals surface area (Å²) < 4.78 is 5.61. The van der Waals surface area contributed by atoms with E-state index < -0.39 is 17.5 Å². The molecule has 2 unspecified atom stereocenters. The van der Waals surface area contributed by atoms with Gasteiger partial charge >= 0.3 is 12.1 Å². The van der Waals surface area contributed by atoms with Crippen molar-refractivity contribution in [1.29, 1.82) is 0 Å². The Morgan fingerprint density at radius 2 is 1.61 bits per heavy atom. The van der Waals surface area contributed by atoms with E-state index >= 15 is 0 Å². The first kappa shape index (κ1) is 21.5. The summed E-state index contributed by atoms with van der Waals surface area (Å²) in [7, 11) is 0. The first-order chi connectivity index (χ1) is 16.0. The van der Waals surface area contributed by atoms with Crippen LogP contribution in [0, 0.1) is 11.3 Å². The molecule has 5 rings (SSSR count). The first-order valence-electron chi connectivity index (χ1n) is 11.6. The Morgan fingerprint density at radius 3 is 2.21 bits per heavy atom. The summed E-state index contributed by atoms with van der Waals surface area (Å²) in [4.78, 5) is 36.2. The molecule has 3 aliphatic rings. The standard InChI is InChI=1S/C26H28N2O5/c29-23(27-15-26(11-12-26)24(30)31)16-9-10-17(13-16)28-25(32)33-14-22-20-7-3-1-5-18(20)19-6-2-4-8-21(19)22/h1-8,16-17,22H,9-15H2,(H,27,29)(H,28,32)(H,30,31). The van der Waals surface area contributed by atoms with Crippen molar-refractivity contribution in [3.63, 3.8) is 0 Å². The van der Waals surface area contributed by atoms with Crippen LogP contribution in [-0.4, -0.2) is 42.3 Å². The topological polar surface area (TPSA) is 105 Å². The highest BCUT2D eigenvalue weighted by Crippen LogP contribution is 2.45. The molecule has 2 aromatic carbocycles. The molecule has 0 aliphatic heterocycles. The lowest BCUT2D eigenvalue weighted by Crippen LogP contribution is -2.38. The second-order valence-corrected chi connectivity index (χ2v) is 9.48. The average Bonchev–Trinajstić information content (AvgIpc) is 3.37. The molecule has 2 amide bonds. The lowest BCUT2D eigenvalue weighted by molar-refractivity contribution is -0.143. The highest BCUT2D eigenvalue weighted by atomic mass is 16.5. The molecular formula is C26H28N2O5. The Hall–Kier alpha value is -3.35. The van der Waals surface area contributed by atoms with Crippen molar-refractivity contribution < 1.29 is 24.2 Å². The molecule has 7 nitrogen and oxygen atoms in total. The van der Waals surface area contributed by atoms with Gasteiger partial charge in [-0.25, -0.2) is 4.79 Å². The summed E-state index contributed by atoms with van der Waals surface area (Å²) in [5.41, 5.74) is 3.93. The largest absolute Gasteiger partial charge is 0.481 e. The number of carboxylic acid groups (broad SMARTS) is 1. The highest BCUT2D eigenvalue weighted by molar-refractivity contribution is 5.82. The van der Waals surface area contributed by atoms with Crippen LogP contribution in [-0.2, 0) is 14.3 Å². The van der Waals surface area contributed by atoms with E-state index in [9.17, 15) is 19.5 Å². The fourth-order valence-electron chi connectivity index (χ4n) is 5.18. The van der Waals surface area contributed by atoms with Gasteiger partial charge in [-0.15, -0.1) is 0 Å². The van der Waals surface area contributed by atoms with Crippen molar-refractivity contribution in [2.75, 3.05) is 13.2 Å². The van der Waals surface area contributed by atoms with Gasteiger partial charge in [0, 0.05) is 24.4 Å². The van der Waals surface area contributed by atoms with Crippen molar-refractivity contribution in [3.8, 4) is 11.1 Å². The first-order valence-corrected chi connectivity index (χ1v) is 11.6. The van der Waals surface area contributed by atoms with Gasteiger partial charge in [0.25, 0.3) is 0 Å². The van der Waals surface area contributed by atoms with Crippen LogP contribution in [0.4, 0.5) is 4.79 Å². The molecule has 0 aromatic heterocycles. The van der Waals surface area contributed by atoms with Gasteiger partial charge in [0.05, 0.1) is 5.41 Å². The molecule has 7 heteroatoms. The van der Waals surface area contributed by atoms with Crippen LogP contribution >= 0.6 is 0 Å². The van der Waals surface area contributed by atoms with Crippen molar-refractivity contribution in [2.45, 2.75) is 44.1 Å². The SMILES string of the molecule is O=C(NC1CCC(C(=O)NCC2(C(=O)O)CC2)C1)OCC1c2ccccc2-c2ccccc21. The fraction of sp³-hybridized carbons (Fsp3) is 0.423. The molecule has 0 spiro atoms. The van der Waals surface area contributed by atoms with E-state index in [2.05, 4.69) is 34.9 Å². The molecule has 0 radical (unpaired) electrons. The van der Waals surface area contributed by atoms with Crippen LogP contribution < -0.4 is 10.6 Å². The monoisotopic (exact) mass is 448 g/mol. The molecule has 3 N–H and O–H groups in total. The van der Waals surface area contributed by atoms with E-state index in [4.69, 9.17) is 4.74 Å². The van der Waals surface area contributed by atoms with E-state index in [0.29, 0.717) is 32.1 Å². The molecule has 172 valence electrons. The number of fused-ring (bicyclic) bond motifs is 3. The van der Waals surface area contributed by atoms with Gasteiger partial charge in [0.1, 0.15) is 6.61 Å². The van der Waals surface area contributed by atoms with Gasteiger partial charge in [0.2, 0.25) is 5.91 Å². The summed E-state index contributed by atoms with van der Waals surface area (Å²) in [5, 5.41) is 15.0. The summed E-state index contributed by atoms with van der Waals surface area (Å²) in [6, 6.07) is 16.3. The number of nitrogens with one attached hydrogen (secondary N) is 2. The van der Waals surface area contributed by atoms with Gasteiger partial charge in [-0.1, -0.05) is 48.5 Å². The molecule has 0 heterocycles. The van der Waals surface area contributed by atoms with Crippen LogP contribution in [0.5, 0.6) is 0 Å². The molecule has 33 heavy (non-hydrogen) atoms.